The van der Waals surface area contributed by atoms with Gasteiger partial charge in [0, 0.05) is 18.7 Å². The SMILES string of the molecule is CCCOc1ccc(CNC(=O)c2ccc(CN)cc2)cc1.Cl. The molecule has 0 saturated heterocycles. The molecule has 124 valence electrons. The van der Waals surface area contributed by atoms with Gasteiger partial charge in [-0.3, -0.25) is 4.79 Å². The highest BCUT2D eigenvalue weighted by Crippen LogP contribution is 2.12. The summed E-state index contributed by atoms with van der Waals surface area (Å²) in [6, 6.07) is 15.1. The molecule has 0 unspecified atom stereocenters. The maximum absolute atomic E-state index is 12.1. The van der Waals surface area contributed by atoms with E-state index in [2.05, 4.69) is 12.2 Å². The summed E-state index contributed by atoms with van der Waals surface area (Å²) < 4.78 is 5.53. The molecule has 0 spiro atoms. The van der Waals surface area contributed by atoms with Crippen LogP contribution in [0.2, 0.25) is 0 Å². The second-order valence-electron chi connectivity index (χ2n) is 5.08. The third kappa shape index (κ3) is 5.93. The van der Waals surface area contributed by atoms with Gasteiger partial charge in [-0.25, -0.2) is 0 Å². The van der Waals surface area contributed by atoms with Crippen molar-refractivity contribution in [3.05, 3.63) is 65.2 Å². The number of hydrogen-bond acceptors (Lipinski definition) is 3. The summed E-state index contributed by atoms with van der Waals surface area (Å²) in [6.07, 6.45) is 0.987. The van der Waals surface area contributed by atoms with E-state index in [9.17, 15) is 4.79 Å². The molecule has 0 aliphatic rings. The van der Waals surface area contributed by atoms with Crippen LogP contribution in [0.25, 0.3) is 0 Å². The minimum atomic E-state index is -0.0881. The maximum Gasteiger partial charge on any atom is 0.251 e. The summed E-state index contributed by atoms with van der Waals surface area (Å²) in [4.78, 5) is 12.1. The minimum absolute atomic E-state index is 0. The number of amides is 1. The van der Waals surface area contributed by atoms with Crippen LogP contribution in [-0.2, 0) is 13.1 Å². The van der Waals surface area contributed by atoms with Crippen LogP contribution in [-0.4, -0.2) is 12.5 Å². The quantitative estimate of drug-likeness (QED) is 0.816. The van der Waals surface area contributed by atoms with E-state index < -0.39 is 0 Å². The molecule has 1 amide bonds. The van der Waals surface area contributed by atoms with Crippen LogP contribution in [0.4, 0.5) is 0 Å². The Morgan fingerprint density at radius 2 is 1.65 bits per heavy atom. The van der Waals surface area contributed by atoms with Gasteiger partial charge in [-0.1, -0.05) is 31.2 Å². The summed E-state index contributed by atoms with van der Waals surface area (Å²) in [5.41, 5.74) is 8.23. The van der Waals surface area contributed by atoms with E-state index in [4.69, 9.17) is 10.5 Å². The Labute approximate surface area is 143 Å². The highest BCUT2D eigenvalue weighted by molar-refractivity contribution is 5.94. The third-order valence-electron chi connectivity index (χ3n) is 3.30. The molecule has 2 rings (SSSR count). The molecule has 3 N–H and O–H groups in total. The molecule has 5 heteroatoms. The molecule has 0 bridgehead atoms. The van der Waals surface area contributed by atoms with Gasteiger partial charge in [-0.2, -0.15) is 0 Å². The summed E-state index contributed by atoms with van der Waals surface area (Å²) >= 11 is 0. The molecule has 0 atom stereocenters. The predicted octanol–water partition coefficient (Wildman–Crippen LogP) is 3.29. The first-order valence-corrected chi connectivity index (χ1v) is 7.52. The van der Waals surface area contributed by atoms with Gasteiger partial charge in [-0.15, -0.1) is 12.4 Å². The van der Waals surface area contributed by atoms with E-state index in [0.29, 0.717) is 18.7 Å². The topological polar surface area (TPSA) is 64.3 Å². The van der Waals surface area contributed by atoms with Crippen molar-refractivity contribution < 1.29 is 9.53 Å². The number of carbonyl (C=O) groups excluding carboxylic acids is 1. The van der Waals surface area contributed by atoms with Gasteiger partial charge in [0.15, 0.2) is 0 Å². The van der Waals surface area contributed by atoms with Gasteiger partial charge in [0.25, 0.3) is 5.91 Å². The molecule has 0 saturated carbocycles. The zero-order chi connectivity index (χ0) is 15.8. The van der Waals surface area contributed by atoms with Crippen molar-refractivity contribution >= 4 is 18.3 Å². The Hall–Kier alpha value is -2.04. The van der Waals surface area contributed by atoms with Crippen molar-refractivity contribution in [2.24, 2.45) is 5.73 Å². The van der Waals surface area contributed by atoms with Gasteiger partial charge in [0.05, 0.1) is 6.61 Å². The molecular weight excluding hydrogens is 312 g/mol. The van der Waals surface area contributed by atoms with Crippen molar-refractivity contribution in [3.63, 3.8) is 0 Å². The van der Waals surface area contributed by atoms with Crippen LogP contribution in [0.3, 0.4) is 0 Å². The molecule has 0 heterocycles. The van der Waals surface area contributed by atoms with Crippen molar-refractivity contribution in [3.8, 4) is 5.75 Å². The molecule has 2 aromatic rings. The maximum atomic E-state index is 12.1. The molecule has 23 heavy (non-hydrogen) atoms. The largest absolute Gasteiger partial charge is 0.494 e. The monoisotopic (exact) mass is 334 g/mol. The van der Waals surface area contributed by atoms with Crippen molar-refractivity contribution in [2.75, 3.05) is 6.61 Å². The summed E-state index contributed by atoms with van der Waals surface area (Å²) in [5.74, 6) is 0.768. The minimum Gasteiger partial charge on any atom is -0.494 e. The van der Waals surface area contributed by atoms with Crippen molar-refractivity contribution in [1.82, 2.24) is 5.32 Å². The van der Waals surface area contributed by atoms with Crippen LogP contribution >= 0.6 is 12.4 Å². The normalized spacial score (nSPS) is 9.83. The summed E-state index contributed by atoms with van der Waals surface area (Å²) in [6.45, 7) is 3.76. The number of hydrogen-bond donors (Lipinski definition) is 2. The van der Waals surface area contributed by atoms with Crippen LogP contribution in [0.15, 0.2) is 48.5 Å². The summed E-state index contributed by atoms with van der Waals surface area (Å²) in [7, 11) is 0. The van der Waals surface area contributed by atoms with Gasteiger partial charge in [0.2, 0.25) is 0 Å². The van der Waals surface area contributed by atoms with Gasteiger partial charge < -0.3 is 15.8 Å². The number of nitrogens with two attached hydrogens (primary N) is 1. The third-order valence-corrected chi connectivity index (χ3v) is 3.30. The molecule has 0 aromatic heterocycles. The Bertz CT molecular complexity index is 597. The van der Waals surface area contributed by atoms with E-state index in [1.165, 1.54) is 0 Å². The van der Waals surface area contributed by atoms with Gasteiger partial charge in [0.1, 0.15) is 5.75 Å². The molecular formula is C18H23ClN2O2. The molecule has 2 aromatic carbocycles. The first-order chi connectivity index (χ1) is 10.7. The van der Waals surface area contributed by atoms with Crippen LogP contribution in [0.1, 0.15) is 34.8 Å². The number of halogens is 1. The summed E-state index contributed by atoms with van der Waals surface area (Å²) in [5, 5.41) is 2.90. The van der Waals surface area contributed by atoms with Crippen molar-refractivity contribution in [1.29, 1.82) is 0 Å². The molecule has 0 fully saturated rings. The Morgan fingerprint density at radius 3 is 2.22 bits per heavy atom. The highest BCUT2D eigenvalue weighted by Gasteiger charge is 2.05. The average molecular weight is 335 g/mol. The Kier molecular flexibility index (Phi) is 8.16. The van der Waals surface area contributed by atoms with Crippen LogP contribution in [0.5, 0.6) is 5.75 Å². The second kappa shape index (κ2) is 9.87. The number of nitrogens with one attached hydrogen (secondary N) is 1. The van der Waals surface area contributed by atoms with E-state index in [0.717, 1.165) is 29.9 Å². The lowest BCUT2D eigenvalue weighted by Crippen LogP contribution is -2.22. The van der Waals surface area contributed by atoms with Crippen molar-refractivity contribution in [2.45, 2.75) is 26.4 Å². The number of rotatable bonds is 7. The zero-order valence-corrected chi connectivity index (χ0v) is 14.1. The fraction of sp³-hybridized carbons (Fsp3) is 0.278. The smallest absolute Gasteiger partial charge is 0.251 e. The van der Waals surface area contributed by atoms with E-state index in [1.54, 1.807) is 12.1 Å². The van der Waals surface area contributed by atoms with Crippen LogP contribution in [0, 0.1) is 0 Å². The number of carbonyl (C=O) groups is 1. The van der Waals surface area contributed by atoms with Gasteiger partial charge in [-0.05, 0) is 41.8 Å². The molecule has 0 aliphatic carbocycles. The first kappa shape index (κ1) is 19.0. The predicted molar refractivity (Wildman–Crippen MR) is 95.0 cm³/mol. The average Bonchev–Trinajstić information content (AvgIpc) is 2.58. The van der Waals surface area contributed by atoms with Gasteiger partial charge >= 0.3 is 0 Å². The van der Waals surface area contributed by atoms with E-state index >= 15 is 0 Å². The van der Waals surface area contributed by atoms with E-state index in [1.807, 2.05) is 36.4 Å². The molecule has 0 radical (unpaired) electrons. The van der Waals surface area contributed by atoms with Crippen LogP contribution < -0.4 is 15.8 Å². The highest BCUT2D eigenvalue weighted by atomic mass is 35.5. The standard InChI is InChI=1S/C18H22N2O2.ClH/c1-2-11-22-17-9-5-15(6-10-17)13-20-18(21)16-7-3-14(12-19)4-8-16;/h3-10H,2,11-13,19H2,1H3,(H,20,21);1H. The van der Waals surface area contributed by atoms with E-state index in [-0.39, 0.29) is 18.3 Å². The lowest BCUT2D eigenvalue weighted by Gasteiger charge is -2.08. The second-order valence-corrected chi connectivity index (χ2v) is 5.08. The lowest BCUT2D eigenvalue weighted by molar-refractivity contribution is 0.0951. The Balaban J connectivity index is 0.00000264. The first-order valence-electron chi connectivity index (χ1n) is 7.52. The molecule has 4 nitrogen and oxygen atoms in total. The Morgan fingerprint density at radius 1 is 1.04 bits per heavy atom. The molecule has 0 aliphatic heterocycles. The zero-order valence-electron chi connectivity index (χ0n) is 13.2. The number of benzene rings is 2. The lowest BCUT2D eigenvalue weighted by atomic mass is 10.1. The fourth-order valence-electron chi connectivity index (χ4n) is 2.00. The fourth-order valence-corrected chi connectivity index (χ4v) is 2.00. The number of ether oxygens (including phenoxy) is 1.